The Kier molecular flexibility index (Phi) is 5.44. The van der Waals surface area contributed by atoms with E-state index in [2.05, 4.69) is 20.4 Å². The van der Waals surface area contributed by atoms with Crippen molar-refractivity contribution in [2.24, 2.45) is 0 Å². The number of hydrogen-bond donors (Lipinski definition) is 2. The van der Waals surface area contributed by atoms with Crippen molar-refractivity contribution >= 4 is 22.5 Å². The van der Waals surface area contributed by atoms with Crippen LogP contribution in [0.2, 0.25) is 0 Å². The van der Waals surface area contributed by atoms with Gasteiger partial charge in [-0.05, 0) is 60.0 Å². The third-order valence-electron chi connectivity index (χ3n) is 5.52. The van der Waals surface area contributed by atoms with Crippen molar-refractivity contribution in [3.8, 4) is 22.6 Å². The number of anilines is 1. The minimum atomic E-state index is -0.286. The van der Waals surface area contributed by atoms with Gasteiger partial charge in [0, 0.05) is 35.5 Å². The molecule has 0 aliphatic carbocycles. The van der Waals surface area contributed by atoms with E-state index >= 15 is 0 Å². The Morgan fingerprint density at radius 1 is 1.03 bits per heavy atom. The average molecular weight is 440 g/mol. The lowest BCUT2D eigenvalue weighted by atomic mass is 10.0. The number of H-pyrrole nitrogens is 1. The summed E-state index contributed by atoms with van der Waals surface area (Å²) in [5.74, 6) is 0.474. The SMILES string of the molecule is Cc1nc(-c2ccccc2NC(=O)CCc2c(-c3ccc(F)cc3)[nH]c3ccccc23)no1. The van der Waals surface area contributed by atoms with Crippen molar-refractivity contribution in [2.75, 3.05) is 5.32 Å². The van der Waals surface area contributed by atoms with Crippen LogP contribution in [0.4, 0.5) is 10.1 Å². The summed E-state index contributed by atoms with van der Waals surface area (Å²) in [5.41, 5.74) is 5.09. The first kappa shape index (κ1) is 20.6. The first-order chi connectivity index (χ1) is 16.1. The van der Waals surface area contributed by atoms with Gasteiger partial charge >= 0.3 is 0 Å². The molecule has 0 spiro atoms. The molecule has 0 atom stereocenters. The van der Waals surface area contributed by atoms with Crippen LogP contribution in [0.15, 0.2) is 77.3 Å². The highest BCUT2D eigenvalue weighted by Gasteiger charge is 2.16. The van der Waals surface area contributed by atoms with E-state index in [0.717, 1.165) is 27.7 Å². The van der Waals surface area contributed by atoms with Crippen molar-refractivity contribution in [3.63, 3.8) is 0 Å². The lowest BCUT2D eigenvalue weighted by Gasteiger charge is -2.09. The molecule has 0 saturated heterocycles. The molecule has 5 rings (SSSR count). The van der Waals surface area contributed by atoms with Gasteiger partial charge in [0.25, 0.3) is 0 Å². The number of nitrogens with zero attached hydrogens (tertiary/aromatic N) is 2. The maximum absolute atomic E-state index is 13.4. The van der Waals surface area contributed by atoms with Gasteiger partial charge in [-0.1, -0.05) is 35.5 Å². The molecule has 0 bridgehead atoms. The number of amides is 1. The highest BCUT2D eigenvalue weighted by Crippen LogP contribution is 2.32. The summed E-state index contributed by atoms with van der Waals surface area (Å²) in [5, 5.41) is 7.98. The van der Waals surface area contributed by atoms with Gasteiger partial charge < -0.3 is 14.8 Å². The molecule has 1 amide bonds. The zero-order chi connectivity index (χ0) is 22.8. The Labute approximate surface area is 189 Å². The molecule has 2 aromatic heterocycles. The molecule has 0 saturated carbocycles. The van der Waals surface area contributed by atoms with Crippen LogP contribution in [0, 0.1) is 12.7 Å². The van der Waals surface area contributed by atoms with Crippen molar-refractivity contribution in [2.45, 2.75) is 19.8 Å². The summed E-state index contributed by atoms with van der Waals surface area (Å²) < 4.78 is 18.5. The van der Waals surface area contributed by atoms with E-state index in [1.165, 1.54) is 12.1 Å². The van der Waals surface area contributed by atoms with Gasteiger partial charge in [0.2, 0.25) is 17.6 Å². The Morgan fingerprint density at radius 2 is 1.79 bits per heavy atom. The van der Waals surface area contributed by atoms with Crippen LogP contribution < -0.4 is 5.32 Å². The third-order valence-corrected chi connectivity index (χ3v) is 5.52. The fraction of sp³-hybridized carbons (Fsp3) is 0.115. The van der Waals surface area contributed by atoms with E-state index in [1.807, 2.05) is 48.5 Å². The molecule has 0 unspecified atom stereocenters. The molecule has 33 heavy (non-hydrogen) atoms. The number of aryl methyl sites for hydroxylation is 2. The number of carbonyl (C=O) groups is 1. The zero-order valence-electron chi connectivity index (χ0n) is 17.9. The molecule has 2 N–H and O–H groups in total. The predicted octanol–water partition coefficient (Wildman–Crippen LogP) is 5.90. The number of hydrogen-bond acceptors (Lipinski definition) is 4. The summed E-state index contributed by atoms with van der Waals surface area (Å²) >= 11 is 0. The highest BCUT2D eigenvalue weighted by atomic mass is 19.1. The van der Waals surface area contributed by atoms with E-state index in [4.69, 9.17) is 4.52 Å². The number of aromatic amines is 1. The first-order valence-electron chi connectivity index (χ1n) is 10.6. The van der Waals surface area contributed by atoms with Crippen LogP contribution in [0.5, 0.6) is 0 Å². The summed E-state index contributed by atoms with van der Waals surface area (Å²) in [6, 6.07) is 21.7. The average Bonchev–Trinajstić information content (AvgIpc) is 3.42. The Morgan fingerprint density at radius 3 is 2.58 bits per heavy atom. The van der Waals surface area contributed by atoms with Crippen LogP contribution in [-0.4, -0.2) is 21.0 Å². The smallest absolute Gasteiger partial charge is 0.224 e. The summed E-state index contributed by atoms with van der Waals surface area (Å²) in [6.07, 6.45) is 0.793. The standard InChI is InChI=1S/C26H21FN4O2/c1-16-28-26(31-33-16)21-7-3-5-9-23(21)29-24(32)15-14-20-19-6-2-4-8-22(19)30-25(20)17-10-12-18(27)13-11-17/h2-13,30H,14-15H2,1H3,(H,29,32). The Bertz CT molecular complexity index is 1440. The van der Waals surface area contributed by atoms with Crippen LogP contribution in [0.25, 0.3) is 33.5 Å². The lowest BCUT2D eigenvalue weighted by Crippen LogP contribution is -2.13. The topological polar surface area (TPSA) is 83.8 Å². The monoisotopic (exact) mass is 440 g/mol. The number of rotatable bonds is 6. The van der Waals surface area contributed by atoms with Gasteiger partial charge in [-0.2, -0.15) is 4.98 Å². The van der Waals surface area contributed by atoms with Gasteiger partial charge in [-0.3, -0.25) is 4.79 Å². The third kappa shape index (κ3) is 4.25. The van der Waals surface area contributed by atoms with E-state index in [0.29, 0.717) is 29.4 Å². The molecule has 3 aromatic carbocycles. The molecule has 6 nitrogen and oxygen atoms in total. The molecule has 164 valence electrons. The predicted molar refractivity (Wildman–Crippen MR) is 125 cm³/mol. The minimum Gasteiger partial charge on any atom is -0.354 e. The van der Waals surface area contributed by atoms with Crippen molar-refractivity contribution in [1.82, 2.24) is 15.1 Å². The fourth-order valence-corrected chi connectivity index (χ4v) is 3.97. The zero-order valence-corrected chi connectivity index (χ0v) is 17.9. The summed E-state index contributed by atoms with van der Waals surface area (Å²) in [6.45, 7) is 1.72. The van der Waals surface area contributed by atoms with Crippen molar-refractivity contribution < 1.29 is 13.7 Å². The molecule has 2 heterocycles. The van der Waals surface area contributed by atoms with Crippen LogP contribution >= 0.6 is 0 Å². The molecule has 0 fully saturated rings. The van der Waals surface area contributed by atoms with Gasteiger partial charge in [-0.15, -0.1) is 0 Å². The van der Waals surface area contributed by atoms with Gasteiger partial charge in [0.15, 0.2) is 0 Å². The van der Waals surface area contributed by atoms with Crippen LogP contribution in [-0.2, 0) is 11.2 Å². The number of aromatic nitrogens is 3. The quantitative estimate of drug-likeness (QED) is 0.344. The normalized spacial score (nSPS) is 11.1. The van der Waals surface area contributed by atoms with Crippen molar-refractivity contribution in [1.29, 1.82) is 0 Å². The summed E-state index contributed by atoms with van der Waals surface area (Å²) in [4.78, 5) is 20.6. The summed E-state index contributed by atoms with van der Waals surface area (Å²) in [7, 11) is 0. The number of fused-ring (bicyclic) bond motifs is 1. The Hall–Kier alpha value is -4.26. The molecule has 5 aromatic rings. The molecular weight excluding hydrogens is 419 g/mol. The first-order valence-corrected chi connectivity index (χ1v) is 10.6. The van der Waals surface area contributed by atoms with Crippen molar-refractivity contribution in [3.05, 3.63) is 90.1 Å². The fourth-order valence-electron chi connectivity index (χ4n) is 3.97. The van der Waals surface area contributed by atoms with E-state index in [-0.39, 0.29) is 18.1 Å². The maximum atomic E-state index is 13.4. The maximum Gasteiger partial charge on any atom is 0.224 e. The number of para-hydroxylation sites is 2. The largest absolute Gasteiger partial charge is 0.354 e. The highest BCUT2D eigenvalue weighted by molar-refractivity contribution is 5.96. The minimum absolute atomic E-state index is 0.127. The van der Waals surface area contributed by atoms with Gasteiger partial charge in [0.05, 0.1) is 5.69 Å². The molecule has 0 aliphatic heterocycles. The molecule has 7 heteroatoms. The van der Waals surface area contributed by atoms with E-state index in [9.17, 15) is 9.18 Å². The number of benzene rings is 3. The second-order valence-corrected chi connectivity index (χ2v) is 7.76. The second kappa shape index (κ2) is 8.70. The van der Waals surface area contributed by atoms with Crippen LogP contribution in [0.3, 0.4) is 0 Å². The lowest BCUT2D eigenvalue weighted by molar-refractivity contribution is -0.116. The molecular formula is C26H21FN4O2. The number of carbonyl (C=O) groups excluding carboxylic acids is 1. The van der Waals surface area contributed by atoms with Gasteiger partial charge in [-0.25, -0.2) is 4.39 Å². The van der Waals surface area contributed by atoms with Gasteiger partial charge in [0.1, 0.15) is 5.82 Å². The second-order valence-electron chi connectivity index (χ2n) is 7.76. The number of nitrogens with one attached hydrogen (secondary N) is 2. The molecule has 0 aliphatic rings. The number of halogens is 1. The Balaban J connectivity index is 1.39. The van der Waals surface area contributed by atoms with E-state index in [1.54, 1.807) is 19.1 Å². The molecule has 0 radical (unpaired) electrons. The van der Waals surface area contributed by atoms with Crippen LogP contribution in [0.1, 0.15) is 17.9 Å². The van der Waals surface area contributed by atoms with E-state index < -0.39 is 0 Å².